The quantitative estimate of drug-likeness (QED) is 0.302. The molecule has 6 heteroatoms. The Morgan fingerprint density at radius 2 is 2.00 bits per heavy atom. The molecule has 0 atom stereocenters. The van der Waals surface area contributed by atoms with Crippen LogP contribution in [0.1, 0.15) is 6.92 Å². The molecule has 0 aliphatic heterocycles. The van der Waals surface area contributed by atoms with E-state index in [0.717, 1.165) is 5.69 Å². The summed E-state index contributed by atoms with van der Waals surface area (Å²) in [6, 6.07) is 9.56. The van der Waals surface area contributed by atoms with Crippen molar-refractivity contribution in [3.05, 3.63) is 30.3 Å². The van der Waals surface area contributed by atoms with Crippen LogP contribution in [0, 0.1) is 0 Å². The number of nitrogens with two attached hydrogens (primary N) is 1. The van der Waals surface area contributed by atoms with Gasteiger partial charge in [-0.3, -0.25) is 4.79 Å². The molecule has 0 saturated heterocycles. The molecule has 18 heavy (non-hydrogen) atoms. The number of hydrogen-bond acceptors (Lipinski definition) is 4. The Morgan fingerprint density at radius 3 is 2.44 bits per heavy atom. The number of ether oxygens (including phenoxy) is 1. The molecule has 0 heterocycles. The SMILES string of the molecule is CCOC(=O)C(=O)CBr.NC=Nc1ccccc1. The van der Waals surface area contributed by atoms with Crippen molar-refractivity contribution in [2.75, 3.05) is 11.9 Å². The number of halogens is 1. The fourth-order valence-electron chi connectivity index (χ4n) is 0.866. The van der Waals surface area contributed by atoms with Crippen molar-refractivity contribution in [3.63, 3.8) is 0 Å². The van der Waals surface area contributed by atoms with Gasteiger partial charge in [-0.05, 0) is 19.1 Å². The molecule has 0 bridgehead atoms. The largest absolute Gasteiger partial charge is 0.460 e. The van der Waals surface area contributed by atoms with E-state index in [1.165, 1.54) is 6.34 Å². The molecule has 0 amide bonds. The molecule has 1 aromatic carbocycles. The Kier molecular flexibility index (Phi) is 9.48. The molecule has 98 valence electrons. The zero-order valence-corrected chi connectivity index (χ0v) is 11.6. The zero-order chi connectivity index (χ0) is 13.8. The van der Waals surface area contributed by atoms with E-state index in [-0.39, 0.29) is 11.9 Å². The van der Waals surface area contributed by atoms with Crippen molar-refractivity contribution in [1.82, 2.24) is 0 Å². The lowest BCUT2D eigenvalue weighted by atomic mass is 10.3. The number of alkyl halides is 1. The lowest BCUT2D eigenvalue weighted by molar-refractivity contribution is -0.152. The topological polar surface area (TPSA) is 81.8 Å². The minimum atomic E-state index is -0.769. The summed E-state index contributed by atoms with van der Waals surface area (Å²) < 4.78 is 4.38. The highest BCUT2D eigenvalue weighted by molar-refractivity contribution is 9.09. The number of para-hydroxylation sites is 1. The Hall–Kier alpha value is -1.69. The van der Waals surface area contributed by atoms with Crippen molar-refractivity contribution in [2.45, 2.75) is 6.92 Å². The first kappa shape index (κ1) is 16.3. The normalized spacial score (nSPS) is 9.44. The van der Waals surface area contributed by atoms with Gasteiger partial charge in [0.25, 0.3) is 0 Å². The van der Waals surface area contributed by atoms with Gasteiger partial charge in [-0.15, -0.1) is 0 Å². The average molecular weight is 315 g/mol. The first-order valence-electron chi connectivity index (χ1n) is 5.20. The van der Waals surface area contributed by atoms with Crippen LogP contribution < -0.4 is 5.73 Å². The predicted octanol–water partition coefficient (Wildman–Crippen LogP) is 1.82. The van der Waals surface area contributed by atoms with Crippen molar-refractivity contribution in [3.8, 4) is 0 Å². The molecule has 2 N–H and O–H groups in total. The summed E-state index contributed by atoms with van der Waals surface area (Å²) in [5.74, 6) is -1.31. The van der Waals surface area contributed by atoms with E-state index in [1.807, 2.05) is 30.3 Å². The minimum Gasteiger partial charge on any atom is -0.460 e. The maximum atomic E-state index is 10.4. The monoisotopic (exact) mass is 314 g/mol. The molecule has 0 aliphatic carbocycles. The molecule has 0 fully saturated rings. The molecule has 0 saturated carbocycles. The van der Waals surface area contributed by atoms with Crippen LogP contribution in [0.4, 0.5) is 5.69 Å². The predicted molar refractivity (Wildman–Crippen MR) is 74.2 cm³/mol. The van der Waals surface area contributed by atoms with Gasteiger partial charge < -0.3 is 10.5 Å². The summed E-state index contributed by atoms with van der Waals surface area (Å²) in [7, 11) is 0. The fraction of sp³-hybridized carbons (Fsp3) is 0.250. The zero-order valence-electron chi connectivity index (χ0n) is 10.0. The molecule has 0 unspecified atom stereocenters. The summed E-state index contributed by atoms with van der Waals surface area (Å²) in [4.78, 5) is 24.6. The van der Waals surface area contributed by atoms with E-state index < -0.39 is 11.8 Å². The lowest BCUT2D eigenvalue weighted by Crippen LogP contribution is -2.17. The number of Topliss-reactive ketones (excluding diaryl/α,β-unsaturated/α-hetero) is 1. The van der Waals surface area contributed by atoms with Gasteiger partial charge in [0.2, 0.25) is 5.78 Å². The second kappa shape index (κ2) is 10.5. The Balaban J connectivity index is 0.000000321. The molecule has 0 spiro atoms. The maximum Gasteiger partial charge on any atom is 0.375 e. The van der Waals surface area contributed by atoms with Crippen LogP contribution in [0.3, 0.4) is 0 Å². The van der Waals surface area contributed by atoms with Gasteiger partial charge in [0.15, 0.2) is 0 Å². The highest BCUT2D eigenvalue weighted by Crippen LogP contribution is 2.07. The number of carbonyl (C=O) groups excluding carboxylic acids is 2. The van der Waals surface area contributed by atoms with Crippen LogP contribution in [0.2, 0.25) is 0 Å². The van der Waals surface area contributed by atoms with Gasteiger partial charge in [-0.1, -0.05) is 34.1 Å². The number of esters is 1. The Labute approximate surface area is 114 Å². The Morgan fingerprint density at radius 1 is 1.39 bits per heavy atom. The molecule has 0 aliphatic rings. The number of benzene rings is 1. The number of hydrogen-bond donors (Lipinski definition) is 1. The van der Waals surface area contributed by atoms with Gasteiger partial charge in [0.1, 0.15) is 0 Å². The summed E-state index contributed by atoms with van der Waals surface area (Å²) in [5.41, 5.74) is 5.96. The van der Waals surface area contributed by atoms with Gasteiger partial charge in [0, 0.05) is 0 Å². The van der Waals surface area contributed by atoms with Crippen molar-refractivity contribution in [2.24, 2.45) is 10.7 Å². The van der Waals surface area contributed by atoms with Gasteiger partial charge in [0.05, 0.1) is 24.0 Å². The van der Waals surface area contributed by atoms with E-state index in [1.54, 1.807) is 6.92 Å². The van der Waals surface area contributed by atoms with E-state index in [4.69, 9.17) is 5.73 Å². The van der Waals surface area contributed by atoms with Gasteiger partial charge in [-0.2, -0.15) is 0 Å². The maximum absolute atomic E-state index is 10.4. The molecule has 0 aromatic heterocycles. The van der Waals surface area contributed by atoms with Crippen LogP contribution in [-0.4, -0.2) is 30.0 Å². The van der Waals surface area contributed by atoms with E-state index in [9.17, 15) is 9.59 Å². The summed E-state index contributed by atoms with van der Waals surface area (Å²) >= 11 is 2.83. The minimum absolute atomic E-state index is 0.0336. The van der Waals surface area contributed by atoms with Crippen LogP contribution in [0.15, 0.2) is 35.3 Å². The fourth-order valence-corrected chi connectivity index (χ4v) is 1.10. The third kappa shape index (κ3) is 7.56. The molecule has 1 rings (SSSR count). The van der Waals surface area contributed by atoms with E-state index in [0.29, 0.717) is 0 Å². The van der Waals surface area contributed by atoms with Crippen LogP contribution in [0.25, 0.3) is 0 Å². The van der Waals surface area contributed by atoms with Crippen molar-refractivity contribution in [1.29, 1.82) is 0 Å². The standard InChI is InChI=1S/C7H8N2.C5H7BrO3/c8-6-9-7-4-2-1-3-5-7;1-2-9-5(8)4(7)3-6/h1-6H,(H2,8,9);2-3H2,1H3. The summed E-state index contributed by atoms with van der Waals surface area (Å²) in [6.07, 6.45) is 1.29. The van der Waals surface area contributed by atoms with E-state index >= 15 is 0 Å². The van der Waals surface area contributed by atoms with Crippen LogP contribution in [0.5, 0.6) is 0 Å². The molecule has 0 radical (unpaired) electrons. The average Bonchev–Trinajstić information content (AvgIpc) is 2.40. The van der Waals surface area contributed by atoms with Crippen LogP contribution >= 0.6 is 15.9 Å². The van der Waals surface area contributed by atoms with Gasteiger partial charge >= 0.3 is 5.97 Å². The summed E-state index contributed by atoms with van der Waals surface area (Å²) in [5, 5.41) is 0.0336. The second-order valence-corrected chi connectivity index (χ2v) is 3.45. The lowest BCUT2D eigenvalue weighted by Gasteiger charge is -1.95. The smallest absolute Gasteiger partial charge is 0.375 e. The number of nitrogens with zero attached hydrogens (tertiary/aromatic N) is 1. The first-order chi connectivity index (χ1) is 8.65. The number of ketones is 1. The number of aliphatic imine (C=N–C) groups is 1. The molecule has 1 aromatic rings. The van der Waals surface area contributed by atoms with Crippen LogP contribution in [-0.2, 0) is 14.3 Å². The molecular weight excluding hydrogens is 300 g/mol. The summed E-state index contributed by atoms with van der Waals surface area (Å²) in [6.45, 7) is 1.90. The van der Waals surface area contributed by atoms with Gasteiger partial charge in [-0.25, -0.2) is 9.79 Å². The first-order valence-corrected chi connectivity index (χ1v) is 6.33. The highest BCUT2D eigenvalue weighted by Gasteiger charge is 2.11. The number of carbonyl (C=O) groups is 2. The third-order valence-corrected chi connectivity index (χ3v) is 2.11. The van der Waals surface area contributed by atoms with Crippen molar-refractivity contribution < 1.29 is 14.3 Å². The number of rotatable bonds is 4. The third-order valence-electron chi connectivity index (χ3n) is 1.60. The van der Waals surface area contributed by atoms with Crippen molar-refractivity contribution >= 4 is 39.7 Å². The van der Waals surface area contributed by atoms with E-state index in [2.05, 4.69) is 25.7 Å². The second-order valence-electron chi connectivity index (χ2n) is 2.89. The Bertz CT molecular complexity index is 394. The highest BCUT2D eigenvalue weighted by atomic mass is 79.9. The molecule has 5 nitrogen and oxygen atoms in total. The molecular formula is C12H15BrN2O3.